The first-order chi connectivity index (χ1) is 11.7. The van der Waals surface area contributed by atoms with E-state index in [4.69, 9.17) is 14.8 Å². The van der Waals surface area contributed by atoms with Crippen molar-refractivity contribution in [3.05, 3.63) is 54.1 Å². The Morgan fingerprint density at radius 2 is 2.00 bits per heavy atom. The highest BCUT2D eigenvalue weighted by atomic mass is 16.5. The Balaban J connectivity index is 1.67. The van der Waals surface area contributed by atoms with Gasteiger partial charge in [-0.25, -0.2) is 9.67 Å². The lowest BCUT2D eigenvalue weighted by atomic mass is 10.0. The molecule has 0 fully saturated rings. The fourth-order valence-corrected chi connectivity index (χ4v) is 2.99. The third-order valence-corrected chi connectivity index (χ3v) is 4.20. The molecule has 4 rings (SSSR count). The van der Waals surface area contributed by atoms with Crippen molar-refractivity contribution in [2.24, 2.45) is 5.92 Å². The van der Waals surface area contributed by atoms with E-state index in [1.165, 1.54) is 11.1 Å². The first kappa shape index (κ1) is 14.9. The lowest BCUT2D eigenvalue weighted by Crippen LogP contribution is -2.11. The maximum atomic E-state index is 5.83. The molecule has 4 nitrogen and oxygen atoms in total. The highest BCUT2D eigenvalue weighted by Crippen LogP contribution is 2.30. The topological polar surface area (TPSA) is 39.9 Å². The van der Waals surface area contributed by atoms with Crippen molar-refractivity contribution in [1.29, 1.82) is 0 Å². The fourth-order valence-electron chi connectivity index (χ4n) is 2.99. The third-order valence-electron chi connectivity index (χ3n) is 4.20. The normalized spacial score (nSPS) is 12.8. The van der Waals surface area contributed by atoms with E-state index < -0.39 is 0 Å². The van der Waals surface area contributed by atoms with Crippen molar-refractivity contribution in [2.75, 3.05) is 6.61 Å². The summed E-state index contributed by atoms with van der Waals surface area (Å²) in [7, 11) is 0. The van der Waals surface area contributed by atoms with Crippen LogP contribution in [-0.4, -0.2) is 21.4 Å². The smallest absolute Gasteiger partial charge is 0.181 e. The molecule has 0 saturated heterocycles. The number of ether oxygens (including phenoxy) is 1. The minimum atomic E-state index is 0.503. The zero-order valence-corrected chi connectivity index (χ0v) is 14.1. The average molecular weight is 319 g/mol. The summed E-state index contributed by atoms with van der Waals surface area (Å²) in [5, 5.41) is 4.71. The number of aromatic nitrogens is 3. The van der Waals surface area contributed by atoms with Gasteiger partial charge in [-0.1, -0.05) is 50.2 Å². The van der Waals surface area contributed by atoms with E-state index >= 15 is 0 Å². The largest absolute Gasteiger partial charge is 0.493 e. The van der Waals surface area contributed by atoms with Gasteiger partial charge in [-0.3, -0.25) is 0 Å². The van der Waals surface area contributed by atoms with Gasteiger partial charge in [0.05, 0.1) is 6.61 Å². The van der Waals surface area contributed by atoms with Crippen LogP contribution in [0, 0.1) is 5.92 Å². The second kappa shape index (κ2) is 6.11. The third kappa shape index (κ3) is 2.80. The van der Waals surface area contributed by atoms with E-state index in [-0.39, 0.29) is 0 Å². The summed E-state index contributed by atoms with van der Waals surface area (Å²) in [4.78, 5) is 4.80. The highest BCUT2D eigenvalue weighted by Gasteiger charge is 2.20. The van der Waals surface area contributed by atoms with Gasteiger partial charge in [-0.15, -0.1) is 0 Å². The Bertz CT molecular complexity index is 867. The molecule has 0 N–H and O–H groups in total. The van der Waals surface area contributed by atoms with Crippen LogP contribution in [0.3, 0.4) is 0 Å². The van der Waals surface area contributed by atoms with Crippen molar-refractivity contribution >= 4 is 0 Å². The predicted octanol–water partition coefficient (Wildman–Crippen LogP) is 4.20. The Morgan fingerprint density at radius 1 is 1.12 bits per heavy atom. The summed E-state index contributed by atoms with van der Waals surface area (Å²) in [6.07, 6.45) is 1.00. The molecule has 122 valence electrons. The van der Waals surface area contributed by atoms with Crippen LogP contribution in [-0.2, 0) is 13.0 Å². The summed E-state index contributed by atoms with van der Waals surface area (Å²) >= 11 is 0. The lowest BCUT2D eigenvalue weighted by molar-refractivity contribution is 0.271. The minimum Gasteiger partial charge on any atom is -0.493 e. The molecule has 0 unspecified atom stereocenters. The van der Waals surface area contributed by atoms with Crippen LogP contribution in [0.15, 0.2) is 48.5 Å². The summed E-state index contributed by atoms with van der Waals surface area (Å²) in [5.41, 5.74) is 3.53. The van der Waals surface area contributed by atoms with Gasteiger partial charge in [-0.05, 0) is 30.0 Å². The second-order valence-corrected chi connectivity index (χ2v) is 6.62. The van der Waals surface area contributed by atoms with Gasteiger partial charge in [0.25, 0.3) is 0 Å². The average Bonchev–Trinajstić information content (AvgIpc) is 3.05. The molecule has 0 aliphatic carbocycles. The molecular formula is C20H21N3O. The zero-order valence-electron chi connectivity index (χ0n) is 14.1. The van der Waals surface area contributed by atoms with Crippen LogP contribution in [0.2, 0.25) is 0 Å². The number of aryl methyl sites for hydroxylation is 2. The molecular weight excluding hydrogens is 298 g/mol. The molecule has 2 heterocycles. The van der Waals surface area contributed by atoms with Crippen molar-refractivity contribution < 1.29 is 4.74 Å². The number of hydrogen-bond acceptors (Lipinski definition) is 3. The first-order valence-corrected chi connectivity index (χ1v) is 8.47. The standard InChI is InChI=1S/C20H21N3O/c1-14(2)13-24-17-8-5-7-16(12-17)19-21-20-18-9-4-3-6-15(18)10-11-23(20)22-19/h3-9,12,14H,10-11,13H2,1-2H3. The van der Waals surface area contributed by atoms with E-state index in [9.17, 15) is 0 Å². The van der Waals surface area contributed by atoms with Crippen molar-refractivity contribution in [3.63, 3.8) is 0 Å². The van der Waals surface area contributed by atoms with Crippen LogP contribution < -0.4 is 4.74 Å². The molecule has 0 saturated carbocycles. The number of nitrogens with zero attached hydrogens (tertiary/aromatic N) is 3. The molecule has 4 heteroatoms. The van der Waals surface area contributed by atoms with Crippen LogP contribution in [0.1, 0.15) is 19.4 Å². The molecule has 0 bridgehead atoms. The Hall–Kier alpha value is -2.62. The first-order valence-electron chi connectivity index (χ1n) is 8.47. The highest BCUT2D eigenvalue weighted by molar-refractivity contribution is 5.66. The summed E-state index contributed by atoms with van der Waals surface area (Å²) < 4.78 is 7.84. The van der Waals surface area contributed by atoms with Gasteiger partial charge < -0.3 is 4.74 Å². The molecule has 1 aliphatic heterocycles. The molecule has 0 spiro atoms. The Morgan fingerprint density at radius 3 is 2.88 bits per heavy atom. The lowest BCUT2D eigenvalue weighted by Gasteiger charge is -2.15. The Kier molecular flexibility index (Phi) is 3.81. The van der Waals surface area contributed by atoms with Gasteiger partial charge >= 0.3 is 0 Å². The molecule has 2 aromatic carbocycles. The summed E-state index contributed by atoms with van der Waals surface area (Å²) in [6.45, 7) is 5.88. The minimum absolute atomic E-state index is 0.503. The summed E-state index contributed by atoms with van der Waals surface area (Å²) in [5.74, 6) is 3.09. The molecule has 0 atom stereocenters. The zero-order chi connectivity index (χ0) is 16.5. The molecule has 0 radical (unpaired) electrons. The number of hydrogen-bond donors (Lipinski definition) is 0. The maximum Gasteiger partial charge on any atom is 0.181 e. The van der Waals surface area contributed by atoms with Crippen LogP contribution >= 0.6 is 0 Å². The van der Waals surface area contributed by atoms with Crippen molar-refractivity contribution in [1.82, 2.24) is 14.8 Å². The molecule has 24 heavy (non-hydrogen) atoms. The number of rotatable bonds is 4. The maximum absolute atomic E-state index is 5.83. The van der Waals surface area contributed by atoms with E-state index in [1.807, 2.05) is 28.9 Å². The number of benzene rings is 2. The van der Waals surface area contributed by atoms with E-state index in [0.29, 0.717) is 12.5 Å². The van der Waals surface area contributed by atoms with Gasteiger partial charge in [-0.2, -0.15) is 5.10 Å². The fraction of sp³-hybridized carbons (Fsp3) is 0.300. The van der Waals surface area contributed by atoms with Crippen LogP contribution in [0.4, 0.5) is 0 Å². The predicted molar refractivity (Wildman–Crippen MR) is 94.9 cm³/mol. The van der Waals surface area contributed by atoms with E-state index in [1.54, 1.807) is 0 Å². The Labute approximate surface area is 142 Å². The second-order valence-electron chi connectivity index (χ2n) is 6.62. The van der Waals surface area contributed by atoms with Crippen molar-refractivity contribution in [3.8, 4) is 28.5 Å². The van der Waals surface area contributed by atoms with Crippen LogP contribution in [0.25, 0.3) is 22.8 Å². The van der Waals surface area contributed by atoms with Gasteiger partial charge in [0.1, 0.15) is 5.75 Å². The summed E-state index contributed by atoms with van der Waals surface area (Å²) in [6, 6.07) is 16.5. The molecule has 1 aromatic heterocycles. The SMILES string of the molecule is CC(C)COc1cccc(-c2nc3n(n2)CCc2ccccc2-3)c1. The van der Waals surface area contributed by atoms with Crippen molar-refractivity contribution in [2.45, 2.75) is 26.8 Å². The van der Waals surface area contributed by atoms with E-state index in [0.717, 1.165) is 35.9 Å². The molecule has 3 aromatic rings. The van der Waals surface area contributed by atoms with Gasteiger partial charge in [0.15, 0.2) is 11.6 Å². The van der Waals surface area contributed by atoms with Gasteiger partial charge in [0, 0.05) is 17.7 Å². The molecule has 1 aliphatic rings. The van der Waals surface area contributed by atoms with E-state index in [2.05, 4.69) is 38.1 Å². The monoisotopic (exact) mass is 319 g/mol. The number of fused-ring (bicyclic) bond motifs is 3. The van der Waals surface area contributed by atoms with Gasteiger partial charge in [0.2, 0.25) is 0 Å². The van der Waals surface area contributed by atoms with Crippen LogP contribution in [0.5, 0.6) is 5.75 Å². The molecule has 0 amide bonds. The quantitative estimate of drug-likeness (QED) is 0.723.